The Morgan fingerprint density at radius 2 is 2.11 bits per heavy atom. The molecule has 0 saturated carbocycles. The summed E-state index contributed by atoms with van der Waals surface area (Å²) in [5.41, 5.74) is -0.592. The van der Waals surface area contributed by atoms with Crippen molar-refractivity contribution in [2.45, 2.75) is 25.2 Å². The molecule has 0 aliphatic heterocycles. The number of nitrogens with one attached hydrogen (secondary N) is 1. The van der Waals surface area contributed by atoms with Crippen molar-refractivity contribution in [3.05, 3.63) is 29.0 Å². The highest BCUT2D eigenvalue weighted by Gasteiger charge is 2.27. The monoisotopic (exact) mass is 309 g/mol. The van der Waals surface area contributed by atoms with Crippen LogP contribution in [0.25, 0.3) is 0 Å². The standard InChI is InChI=1S/C12H17ClFNO3S/c1-3-12(2,8-16)7-15-19(17,18)11-9(13)5-4-6-10(11)14/h4-6,15-16H,3,7-8H2,1-2H3. The molecular weight excluding hydrogens is 293 g/mol. The fraction of sp³-hybridized carbons (Fsp3) is 0.500. The molecular formula is C12H17ClFNO3S. The van der Waals surface area contributed by atoms with E-state index >= 15 is 0 Å². The predicted molar refractivity (Wildman–Crippen MR) is 72.1 cm³/mol. The minimum absolute atomic E-state index is 0.00694. The van der Waals surface area contributed by atoms with Gasteiger partial charge in [-0.3, -0.25) is 0 Å². The zero-order valence-electron chi connectivity index (χ0n) is 10.8. The number of aliphatic hydroxyl groups is 1. The van der Waals surface area contributed by atoms with Crippen LogP contribution in [0.1, 0.15) is 20.3 Å². The summed E-state index contributed by atoms with van der Waals surface area (Å²) >= 11 is 5.72. The fourth-order valence-electron chi connectivity index (χ4n) is 1.37. The summed E-state index contributed by atoms with van der Waals surface area (Å²) in [6.07, 6.45) is 0.580. The molecule has 1 unspecified atom stereocenters. The Morgan fingerprint density at radius 3 is 2.58 bits per heavy atom. The molecule has 0 aliphatic rings. The van der Waals surface area contributed by atoms with Crippen molar-refractivity contribution in [3.63, 3.8) is 0 Å². The van der Waals surface area contributed by atoms with Gasteiger partial charge in [0, 0.05) is 18.6 Å². The predicted octanol–water partition coefficient (Wildman–Crippen LogP) is 2.17. The average Bonchev–Trinajstić information content (AvgIpc) is 2.35. The van der Waals surface area contributed by atoms with Crippen LogP contribution in [0.15, 0.2) is 23.1 Å². The van der Waals surface area contributed by atoms with Gasteiger partial charge < -0.3 is 5.11 Å². The molecule has 0 amide bonds. The van der Waals surface area contributed by atoms with Crippen LogP contribution in [0.2, 0.25) is 5.02 Å². The Morgan fingerprint density at radius 1 is 1.47 bits per heavy atom. The van der Waals surface area contributed by atoms with Crippen LogP contribution >= 0.6 is 11.6 Å². The normalized spacial score (nSPS) is 15.2. The zero-order valence-corrected chi connectivity index (χ0v) is 12.4. The maximum Gasteiger partial charge on any atom is 0.244 e. The zero-order chi connectivity index (χ0) is 14.7. The van der Waals surface area contributed by atoms with Crippen molar-refractivity contribution in [2.75, 3.05) is 13.2 Å². The number of halogens is 2. The Balaban J connectivity index is 3.00. The van der Waals surface area contributed by atoms with E-state index in [0.717, 1.165) is 6.07 Å². The van der Waals surface area contributed by atoms with Crippen molar-refractivity contribution in [3.8, 4) is 0 Å². The first-order valence-corrected chi connectivity index (χ1v) is 7.66. The second kappa shape index (κ2) is 6.17. The van der Waals surface area contributed by atoms with Gasteiger partial charge in [-0.25, -0.2) is 17.5 Å². The molecule has 0 aromatic heterocycles. The topological polar surface area (TPSA) is 66.4 Å². The highest BCUT2D eigenvalue weighted by molar-refractivity contribution is 7.89. The molecule has 0 saturated heterocycles. The summed E-state index contributed by atoms with van der Waals surface area (Å²) in [6.45, 7) is 3.41. The van der Waals surface area contributed by atoms with Crippen molar-refractivity contribution in [2.24, 2.45) is 5.41 Å². The van der Waals surface area contributed by atoms with Gasteiger partial charge in [-0.15, -0.1) is 0 Å². The first kappa shape index (κ1) is 16.4. The van der Waals surface area contributed by atoms with E-state index in [4.69, 9.17) is 11.6 Å². The summed E-state index contributed by atoms with van der Waals surface area (Å²) in [6, 6.07) is 3.68. The molecule has 0 aliphatic carbocycles. The molecule has 1 rings (SSSR count). The molecule has 0 bridgehead atoms. The molecule has 0 radical (unpaired) electrons. The van der Waals surface area contributed by atoms with Crippen LogP contribution in [0, 0.1) is 11.2 Å². The lowest BCUT2D eigenvalue weighted by atomic mass is 9.89. The smallest absolute Gasteiger partial charge is 0.244 e. The molecule has 1 aromatic carbocycles. The van der Waals surface area contributed by atoms with Crippen molar-refractivity contribution in [1.82, 2.24) is 4.72 Å². The number of sulfonamides is 1. The minimum Gasteiger partial charge on any atom is -0.396 e. The van der Waals surface area contributed by atoms with Crippen LogP contribution in [0.3, 0.4) is 0 Å². The molecule has 2 N–H and O–H groups in total. The minimum atomic E-state index is -4.04. The van der Waals surface area contributed by atoms with Crippen LogP contribution in [0.5, 0.6) is 0 Å². The number of hydrogen-bond acceptors (Lipinski definition) is 3. The van der Waals surface area contributed by atoms with E-state index in [9.17, 15) is 17.9 Å². The Bertz CT molecular complexity index is 524. The van der Waals surface area contributed by atoms with E-state index in [-0.39, 0.29) is 18.2 Å². The molecule has 0 spiro atoms. The van der Waals surface area contributed by atoms with E-state index in [2.05, 4.69) is 4.72 Å². The number of hydrogen-bond donors (Lipinski definition) is 2. The summed E-state index contributed by atoms with van der Waals surface area (Å²) < 4.78 is 39.9. The number of aliphatic hydroxyl groups excluding tert-OH is 1. The van der Waals surface area contributed by atoms with E-state index < -0.39 is 26.2 Å². The van der Waals surface area contributed by atoms with Gasteiger partial charge in [-0.1, -0.05) is 31.5 Å². The van der Waals surface area contributed by atoms with Gasteiger partial charge in [0.05, 0.1) is 5.02 Å². The quantitative estimate of drug-likeness (QED) is 0.846. The first-order chi connectivity index (χ1) is 8.75. The molecule has 1 aromatic rings. The summed E-state index contributed by atoms with van der Waals surface area (Å²) in [7, 11) is -4.04. The summed E-state index contributed by atoms with van der Waals surface area (Å²) in [5, 5.41) is 9.06. The van der Waals surface area contributed by atoms with Gasteiger partial charge in [0.15, 0.2) is 0 Å². The number of rotatable bonds is 6. The summed E-state index contributed by atoms with van der Waals surface area (Å²) in [4.78, 5) is -0.562. The van der Waals surface area contributed by atoms with Crippen molar-refractivity contribution < 1.29 is 17.9 Å². The van der Waals surface area contributed by atoms with Crippen LogP contribution in [-0.4, -0.2) is 26.7 Å². The first-order valence-electron chi connectivity index (χ1n) is 5.80. The second-order valence-corrected chi connectivity index (χ2v) is 6.81. The molecule has 0 heterocycles. The van der Waals surface area contributed by atoms with Crippen LogP contribution in [-0.2, 0) is 10.0 Å². The molecule has 1 atom stereocenters. The van der Waals surface area contributed by atoms with Gasteiger partial charge in [-0.2, -0.15) is 0 Å². The summed E-state index contributed by atoms with van der Waals surface area (Å²) in [5.74, 6) is -0.901. The van der Waals surface area contributed by atoms with E-state index in [1.165, 1.54) is 12.1 Å². The third-order valence-electron chi connectivity index (χ3n) is 3.11. The highest BCUT2D eigenvalue weighted by Crippen LogP contribution is 2.25. The van der Waals surface area contributed by atoms with Crippen molar-refractivity contribution in [1.29, 1.82) is 0 Å². The fourth-order valence-corrected chi connectivity index (χ4v) is 3.17. The Kier molecular flexibility index (Phi) is 5.32. The number of benzene rings is 1. The van der Waals surface area contributed by atoms with Gasteiger partial charge in [0.25, 0.3) is 0 Å². The second-order valence-electron chi connectivity index (χ2n) is 4.70. The third kappa shape index (κ3) is 3.89. The molecule has 0 fully saturated rings. The van der Waals surface area contributed by atoms with E-state index in [1.807, 2.05) is 6.92 Å². The maximum absolute atomic E-state index is 13.6. The SMILES string of the molecule is CCC(C)(CO)CNS(=O)(=O)c1c(F)cccc1Cl. The average molecular weight is 310 g/mol. The van der Waals surface area contributed by atoms with E-state index in [0.29, 0.717) is 6.42 Å². The van der Waals surface area contributed by atoms with Gasteiger partial charge in [0.2, 0.25) is 10.0 Å². The maximum atomic E-state index is 13.6. The molecule has 4 nitrogen and oxygen atoms in total. The Hall–Kier alpha value is -0.690. The van der Waals surface area contributed by atoms with Gasteiger partial charge >= 0.3 is 0 Å². The van der Waals surface area contributed by atoms with Crippen molar-refractivity contribution >= 4 is 21.6 Å². The highest BCUT2D eigenvalue weighted by atomic mass is 35.5. The lowest BCUT2D eigenvalue weighted by Gasteiger charge is -2.25. The lowest BCUT2D eigenvalue weighted by molar-refractivity contribution is 0.141. The van der Waals surface area contributed by atoms with Gasteiger partial charge in [0.1, 0.15) is 10.7 Å². The van der Waals surface area contributed by atoms with Crippen LogP contribution in [0.4, 0.5) is 4.39 Å². The van der Waals surface area contributed by atoms with Gasteiger partial charge in [-0.05, 0) is 18.6 Å². The third-order valence-corrected chi connectivity index (χ3v) is 5.02. The lowest BCUT2D eigenvalue weighted by Crippen LogP contribution is -2.38. The van der Waals surface area contributed by atoms with Crippen LogP contribution < -0.4 is 4.72 Å². The largest absolute Gasteiger partial charge is 0.396 e. The Labute approximate surface area is 117 Å². The molecule has 19 heavy (non-hydrogen) atoms. The van der Waals surface area contributed by atoms with E-state index in [1.54, 1.807) is 6.92 Å². The molecule has 7 heteroatoms. The molecule has 108 valence electrons.